The van der Waals surface area contributed by atoms with Gasteiger partial charge in [0, 0.05) is 18.0 Å². The maximum absolute atomic E-state index is 12.3. The Bertz CT molecular complexity index is 773. The summed E-state index contributed by atoms with van der Waals surface area (Å²) < 4.78 is 10.6. The molecule has 0 aliphatic carbocycles. The lowest BCUT2D eigenvalue weighted by molar-refractivity contribution is -0.126. The van der Waals surface area contributed by atoms with Gasteiger partial charge in [-0.05, 0) is 47.5 Å². The van der Waals surface area contributed by atoms with Crippen molar-refractivity contribution < 1.29 is 14.3 Å². The molecule has 130 valence electrons. The number of carbonyl (C=O) groups is 1. The van der Waals surface area contributed by atoms with Crippen LogP contribution >= 0.6 is 11.8 Å². The summed E-state index contributed by atoms with van der Waals surface area (Å²) in [5.41, 5.74) is 2.26. The van der Waals surface area contributed by atoms with Gasteiger partial charge >= 0.3 is 0 Å². The monoisotopic (exact) mass is 355 g/mol. The molecule has 1 unspecified atom stereocenters. The van der Waals surface area contributed by atoms with Crippen LogP contribution in [-0.4, -0.2) is 31.6 Å². The van der Waals surface area contributed by atoms with Crippen LogP contribution in [0.5, 0.6) is 11.5 Å². The molecule has 1 amide bonds. The Labute approximate surface area is 152 Å². The number of nitrogens with zero attached hydrogens (tertiary/aromatic N) is 1. The van der Waals surface area contributed by atoms with Crippen molar-refractivity contribution in [2.24, 2.45) is 0 Å². The van der Waals surface area contributed by atoms with Crippen LogP contribution in [0.25, 0.3) is 0 Å². The van der Waals surface area contributed by atoms with Gasteiger partial charge < -0.3 is 14.4 Å². The highest BCUT2D eigenvalue weighted by Gasteiger charge is 2.26. The highest BCUT2D eigenvalue weighted by atomic mass is 32.2. The molecule has 2 aromatic carbocycles. The number of hydrogen-bond acceptors (Lipinski definition) is 4. The second kappa shape index (κ2) is 7.66. The van der Waals surface area contributed by atoms with E-state index in [4.69, 9.17) is 9.47 Å². The van der Waals surface area contributed by atoms with Crippen LogP contribution < -0.4 is 9.47 Å². The molecule has 0 fully saturated rings. The van der Waals surface area contributed by atoms with E-state index in [9.17, 15) is 4.79 Å². The molecule has 25 heavy (non-hydrogen) atoms. The van der Waals surface area contributed by atoms with Gasteiger partial charge in [-0.15, -0.1) is 11.8 Å². The minimum absolute atomic E-state index is 0.0604. The van der Waals surface area contributed by atoms with E-state index < -0.39 is 0 Å². The smallest absolute Gasteiger partial charge is 0.246 e. The van der Waals surface area contributed by atoms with E-state index in [-0.39, 0.29) is 11.2 Å². The molecule has 0 saturated heterocycles. The zero-order chi connectivity index (χ0) is 17.8. The molecule has 0 saturated carbocycles. The van der Waals surface area contributed by atoms with Crippen molar-refractivity contribution in [1.82, 2.24) is 4.90 Å². The Balaban J connectivity index is 1.97. The first-order valence-electron chi connectivity index (χ1n) is 8.03. The van der Waals surface area contributed by atoms with E-state index in [1.165, 1.54) is 11.0 Å². The SMILES string of the molecule is C=CC(=O)N1Cc2cc(OC)ccc2SC(c2ccc(OC)cc2)C1. The minimum atomic E-state index is -0.0604. The predicted molar refractivity (Wildman–Crippen MR) is 100 cm³/mol. The summed E-state index contributed by atoms with van der Waals surface area (Å²) in [5, 5.41) is 0.143. The van der Waals surface area contributed by atoms with Crippen LogP contribution in [0.1, 0.15) is 16.4 Å². The van der Waals surface area contributed by atoms with Crippen LogP contribution in [-0.2, 0) is 11.3 Å². The van der Waals surface area contributed by atoms with E-state index in [0.717, 1.165) is 22.6 Å². The quantitative estimate of drug-likeness (QED) is 0.775. The Morgan fingerprint density at radius 3 is 2.48 bits per heavy atom. The molecular weight excluding hydrogens is 334 g/mol. The summed E-state index contributed by atoms with van der Waals surface area (Å²) in [6.45, 7) is 4.81. The molecule has 0 spiro atoms. The summed E-state index contributed by atoms with van der Waals surface area (Å²) in [6, 6.07) is 14.1. The Kier molecular flexibility index (Phi) is 5.34. The Morgan fingerprint density at radius 1 is 1.16 bits per heavy atom. The molecule has 0 N–H and O–H groups in total. The van der Waals surface area contributed by atoms with Gasteiger partial charge in [0.25, 0.3) is 0 Å². The highest BCUT2D eigenvalue weighted by Crippen LogP contribution is 2.42. The van der Waals surface area contributed by atoms with Crippen molar-refractivity contribution in [3.05, 3.63) is 66.2 Å². The zero-order valence-electron chi connectivity index (χ0n) is 14.4. The van der Waals surface area contributed by atoms with Crippen LogP contribution in [0.2, 0.25) is 0 Å². The van der Waals surface area contributed by atoms with Crippen LogP contribution in [0.15, 0.2) is 60.0 Å². The predicted octanol–water partition coefficient (Wildman–Crippen LogP) is 4.07. The van der Waals surface area contributed by atoms with E-state index in [1.54, 1.807) is 26.0 Å². The average molecular weight is 355 g/mol. The maximum Gasteiger partial charge on any atom is 0.246 e. The first-order valence-corrected chi connectivity index (χ1v) is 8.91. The first-order chi connectivity index (χ1) is 12.1. The average Bonchev–Trinajstić information content (AvgIpc) is 2.86. The molecule has 1 aliphatic rings. The van der Waals surface area contributed by atoms with Crippen molar-refractivity contribution in [2.45, 2.75) is 16.7 Å². The van der Waals surface area contributed by atoms with Crippen molar-refractivity contribution in [3.8, 4) is 11.5 Å². The molecule has 0 aromatic heterocycles. The Morgan fingerprint density at radius 2 is 1.84 bits per heavy atom. The number of benzene rings is 2. The molecule has 2 aromatic rings. The number of hydrogen-bond donors (Lipinski definition) is 0. The summed E-state index contributed by atoms with van der Waals surface area (Å²) in [7, 11) is 3.31. The standard InChI is InChI=1S/C20H21NO3S/c1-4-20(22)21-12-15-11-17(24-3)9-10-18(15)25-19(13-21)14-5-7-16(23-2)8-6-14/h4-11,19H,1,12-13H2,2-3H3. The van der Waals surface area contributed by atoms with E-state index in [2.05, 4.69) is 24.8 Å². The molecule has 5 heteroatoms. The maximum atomic E-state index is 12.3. The molecule has 0 bridgehead atoms. The van der Waals surface area contributed by atoms with Gasteiger partial charge in [0.1, 0.15) is 11.5 Å². The lowest BCUT2D eigenvalue weighted by Crippen LogP contribution is -2.31. The highest BCUT2D eigenvalue weighted by molar-refractivity contribution is 7.99. The molecule has 4 nitrogen and oxygen atoms in total. The van der Waals surface area contributed by atoms with Crippen molar-refractivity contribution >= 4 is 17.7 Å². The van der Waals surface area contributed by atoms with Gasteiger partial charge in [-0.3, -0.25) is 4.79 Å². The van der Waals surface area contributed by atoms with Gasteiger partial charge in [0.15, 0.2) is 0 Å². The third-order valence-corrected chi connectivity index (χ3v) is 5.62. The van der Waals surface area contributed by atoms with Gasteiger partial charge in [-0.25, -0.2) is 0 Å². The molecule has 0 radical (unpaired) electrons. The molecule has 1 heterocycles. The normalized spacial score (nSPS) is 16.6. The second-order valence-corrected chi connectivity index (χ2v) is 7.02. The van der Waals surface area contributed by atoms with Gasteiger partial charge in [-0.2, -0.15) is 0 Å². The summed E-state index contributed by atoms with van der Waals surface area (Å²) in [6.07, 6.45) is 1.38. The van der Waals surface area contributed by atoms with Crippen LogP contribution in [0.3, 0.4) is 0 Å². The molecule has 1 aliphatic heterocycles. The van der Waals surface area contributed by atoms with E-state index in [1.807, 2.05) is 29.2 Å². The first kappa shape index (κ1) is 17.4. The number of methoxy groups -OCH3 is 2. The van der Waals surface area contributed by atoms with E-state index >= 15 is 0 Å². The zero-order valence-corrected chi connectivity index (χ0v) is 15.2. The number of carbonyl (C=O) groups excluding carboxylic acids is 1. The third kappa shape index (κ3) is 3.82. The summed E-state index contributed by atoms with van der Waals surface area (Å²) in [4.78, 5) is 15.3. The number of fused-ring (bicyclic) bond motifs is 1. The lowest BCUT2D eigenvalue weighted by atomic mass is 10.1. The molecule has 1 atom stereocenters. The molecule has 3 rings (SSSR count). The Hall–Kier alpha value is -2.40. The van der Waals surface area contributed by atoms with Gasteiger partial charge in [0.05, 0.1) is 19.5 Å². The van der Waals surface area contributed by atoms with Gasteiger partial charge in [0.2, 0.25) is 5.91 Å². The number of thioether (sulfide) groups is 1. The van der Waals surface area contributed by atoms with Crippen LogP contribution in [0.4, 0.5) is 0 Å². The van der Waals surface area contributed by atoms with E-state index in [0.29, 0.717) is 13.1 Å². The minimum Gasteiger partial charge on any atom is -0.497 e. The van der Waals surface area contributed by atoms with Crippen LogP contribution in [0, 0.1) is 0 Å². The van der Waals surface area contributed by atoms with Crippen molar-refractivity contribution in [3.63, 3.8) is 0 Å². The number of ether oxygens (including phenoxy) is 2. The van der Waals surface area contributed by atoms with Gasteiger partial charge in [-0.1, -0.05) is 18.7 Å². The summed E-state index contributed by atoms with van der Waals surface area (Å²) in [5.74, 6) is 1.56. The lowest BCUT2D eigenvalue weighted by Gasteiger charge is -2.23. The third-order valence-electron chi connectivity index (χ3n) is 4.26. The second-order valence-electron chi connectivity index (χ2n) is 5.78. The largest absolute Gasteiger partial charge is 0.497 e. The van der Waals surface area contributed by atoms with Crippen molar-refractivity contribution in [1.29, 1.82) is 0 Å². The van der Waals surface area contributed by atoms with Crippen molar-refractivity contribution in [2.75, 3.05) is 20.8 Å². The number of amides is 1. The molecular formula is C20H21NO3S. The fourth-order valence-electron chi connectivity index (χ4n) is 2.87. The fraction of sp³-hybridized carbons (Fsp3) is 0.250. The summed E-state index contributed by atoms with van der Waals surface area (Å²) >= 11 is 1.77. The number of rotatable bonds is 4. The fourth-order valence-corrected chi connectivity index (χ4v) is 4.15. The topological polar surface area (TPSA) is 38.8 Å².